The summed E-state index contributed by atoms with van der Waals surface area (Å²) >= 11 is 0. The van der Waals surface area contributed by atoms with Crippen LogP contribution < -0.4 is 5.73 Å². The molecule has 1 heterocycles. The molecule has 1 fully saturated rings. The Morgan fingerprint density at radius 2 is 2.20 bits per heavy atom. The maximum atomic E-state index is 11.6. The zero-order chi connectivity index (χ0) is 11.4. The maximum Gasteiger partial charge on any atom is 0.236 e. The van der Waals surface area contributed by atoms with Gasteiger partial charge in [-0.15, -0.1) is 0 Å². The molecule has 4 nitrogen and oxygen atoms in total. The minimum Gasteiger partial charge on any atom is -0.339 e. The molecule has 1 unspecified atom stereocenters. The first-order valence-corrected chi connectivity index (χ1v) is 5.72. The second kappa shape index (κ2) is 5.47. The number of amides is 1. The van der Waals surface area contributed by atoms with Crippen LogP contribution in [0.15, 0.2) is 0 Å². The third-order valence-electron chi connectivity index (χ3n) is 3.06. The Morgan fingerprint density at radius 1 is 1.53 bits per heavy atom. The molecule has 1 saturated heterocycles. The van der Waals surface area contributed by atoms with Gasteiger partial charge in [-0.1, -0.05) is 13.8 Å². The molecule has 1 atom stereocenters. The second-order valence-electron chi connectivity index (χ2n) is 4.81. The topological polar surface area (TPSA) is 49.6 Å². The Balaban J connectivity index is 2.44. The molecule has 0 aromatic carbocycles. The summed E-state index contributed by atoms with van der Waals surface area (Å²) in [4.78, 5) is 15.7. The summed E-state index contributed by atoms with van der Waals surface area (Å²) in [5.41, 5.74) is 5.65. The molecule has 1 amide bonds. The number of hydrogen-bond acceptors (Lipinski definition) is 3. The second-order valence-corrected chi connectivity index (χ2v) is 4.81. The average molecular weight is 213 g/mol. The molecule has 88 valence electrons. The van der Waals surface area contributed by atoms with Crippen molar-refractivity contribution < 1.29 is 4.79 Å². The molecule has 0 bridgehead atoms. The molecule has 1 rings (SSSR count). The van der Waals surface area contributed by atoms with Crippen LogP contribution in [0.5, 0.6) is 0 Å². The molecule has 1 aliphatic rings. The molecule has 0 spiro atoms. The summed E-state index contributed by atoms with van der Waals surface area (Å²) in [6, 6.07) is 0.193. The molecule has 1 aliphatic heterocycles. The molecule has 0 radical (unpaired) electrons. The lowest BCUT2D eigenvalue weighted by Gasteiger charge is -2.38. The highest BCUT2D eigenvalue weighted by molar-refractivity contribution is 5.79. The Morgan fingerprint density at radius 3 is 2.73 bits per heavy atom. The first kappa shape index (κ1) is 12.5. The van der Waals surface area contributed by atoms with E-state index in [0.717, 1.165) is 19.5 Å². The van der Waals surface area contributed by atoms with Crippen LogP contribution >= 0.6 is 0 Å². The lowest BCUT2D eigenvalue weighted by molar-refractivity contribution is -0.137. The van der Waals surface area contributed by atoms with Gasteiger partial charge in [0.15, 0.2) is 0 Å². The normalized spacial score (nSPS) is 23.9. The lowest BCUT2D eigenvalue weighted by atomic mass is 10.1. The zero-order valence-electron chi connectivity index (χ0n) is 10.1. The van der Waals surface area contributed by atoms with Crippen LogP contribution in [0.2, 0.25) is 0 Å². The van der Waals surface area contributed by atoms with Gasteiger partial charge in [0.1, 0.15) is 0 Å². The first-order chi connectivity index (χ1) is 7.04. The fraction of sp³-hybridized carbons (Fsp3) is 0.909. The maximum absolute atomic E-state index is 11.6. The number of piperazine rings is 1. The zero-order valence-corrected chi connectivity index (χ0v) is 10.1. The summed E-state index contributed by atoms with van der Waals surface area (Å²) in [5, 5.41) is 0. The Labute approximate surface area is 92.4 Å². The van der Waals surface area contributed by atoms with Gasteiger partial charge in [-0.3, -0.25) is 9.69 Å². The smallest absolute Gasteiger partial charge is 0.236 e. The number of nitrogens with two attached hydrogens (primary N) is 1. The fourth-order valence-corrected chi connectivity index (χ4v) is 1.84. The van der Waals surface area contributed by atoms with Crippen molar-refractivity contribution in [3.63, 3.8) is 0 Å². The largest absolute Gasteiger partial charge is 0.339 e. The van der Waals surface area contributed by atoms with E-state index >= 15 is 0 Å². The Bertz CT molecular complexity index is 218. The van der Waals surface area contributed by atoms with Gasteiger partial charge in [0, 0.05) is 20.1 Å². The Kier molecular flexibility index (Phi) is 4.54. The molecule has 0 saturated carbocycles. The van der Waals surface area contributed by atoms with Crippen LogP contribution in [0.3, 0.4) is 0 Å². The van der Waals surface area contributed by atoms with Crippen molar-refractivity contribution in [3.05, 3.63) is 0 Å². The van der Waals surface area contributed by atoms with Gasteiger partial charge in [0.05, 0.1) is 12.6 Å². The van der Waals surface area contributed by atoms with Crippen LogP contribution in [-0.4, -0.2) is 55.0 Å². The summed E-state index contributed by atoms with van der Waals surface area (Å²) in [5.74, 6) is 0.886. The van der Waals surface area contributed by atoms with E-state index in [-0.39, 0.29) is 11.9 Å². The highest BCUT2D eigenvalue weighted by Crippen LogP contribution is 2.10. The van der Waals surface area contributed by atoms with E-state index in [9.17, 15) is 4.79 Å². The van der Waals surface area contributed by atoms with Gasteiger partial charge >= 0.3 is 0 Å². The van der Waals surface area contributed by atoms with Gasteiger partial charge in [0.25, 0.3) is 0 Å². The standard InChI is InChI=1S/C11H23N3O/c1-9(2)4-5-14-7-10(6-12)13(3)11(15)8-14/h9-10H,4-8,12H2,1-3H3. The van der Waals surface area contributed by atoms with E-state index in [1.165, 1.54) is 0 Å². The summed E-state index contributed by atoms with van der Waals surface area (Å²) in [6.45, 7) is 7.45. The number of hydrogen-bond donors (Lipinski definition) is 1. The number of rotatable bonds is 4. The van der Waals surface area contributed by atoms with E-state index < -0.39 is 0 Å². The third kappa shape index (κ3) is 3.47. The number of likely N-dealkylation sites (N-methyl/N-ethyl adjacent to an activating group) is 1. The number of carbonyl (C=O) groups is 1. The molecular weight excluding hydrogens is 190 g/mol. The first-order valence-electron chi connectivity index (χ1n) is 5.72. The van der Waals surface area contributed by atoms with Gasteiger partial charge < -0.3 is 10.6 Å². The minimum absolute atomic E-state index is 0.193. The summed E-state index contributed by atoms with van der Waals surface area (Å²) in [7, 11) is 1.85. The molecule has 0 aromatic rings. The third-order valence-corrected chi connectivity index (χ3v) is 3.06. The van der Waals surface area contributed by atoms with E-state index in [1.807, 2.05) is 7.05 Å². The molecule has 2 N–H and O–H groups in total. The fourth-order valence-electron chi connectivity index (χ4n) is 1.84. The number of nitrogens with zero attached hydrogens (tertiary/aromatic N) is 2. The quantitative estimate of drug-likeness (QED) is 0.722. The van der Waals surface area contributed by atoms with Gasteiger partial charge in [-0.05, 0) is 18.9 Å². The Hall–Kier alpha value is -0.610. The monoisotopic (exact) mass is 213 g/mol. The molecule has 0 aromatic heterocycles. The molecule has 0 aliphatic carbocycles. The predicted octanol–water partition coefficient (Wildman–Crippen LogP) is 0.134. The molecule has 4 heteroatoms. The van der Waals surface area contributed by atoms with Crippen molar-refractivity contribution >= 4 is 5.91 Å². The molecule has 15 heavy (non-hydrogen) atoms. The molecular formula is C11H23N3O. The van der Waals surface area contributed by atoms with E-state index in [2.05, 4.69) is 18.7 Å². The van der Waals surface area contributed by atoms with Crippen LogP contribution in [-0.2, 0) is 4.79 Å². The highest BCUT2D eigenvalue weighted by Gasteiger charge is 2.28. The van der Waals surface area contributed by atoms with Gasteiger partial charge in [-0.25, -0.2) is 0 Å². The van der Waals surface area contributed by atoms with Crippen molar-refractivity contribution in [1.29, 1.82) is 0 Å². The van der Waals surface area contributed by atoms with Crippen molar-refractivity contribution in [3.8, 4) is 0 Å². The minimum atomic E-state index is 0.193. The van der Waals surface area contributed by atoms with Crippen molar-refractivity contribution in [2.24, 2.45) is 11.7 Å². The van der Waals surface area contributed by atoms with E-state index in [4.69, 9.17) is 5.73 Å². The van der Waals surface area contributed by atoms with Crippen molar-refractivity contribution in [1.82, 2.24) is 9.80 Å². The van der Waals surface area contributed by atoms with Crippen LogP contribution in [0, 0.1) is 5.92 Å². The van der Waals surface area contributed by atoms with Crippen molar-refractivity contribution in [2.45, 2.75) is 26.3 Å². The highest BCUT2D eigenvalue weighted by atomic mass is 16.2. The van der Waals surface area contributed by atoms with E-state index in [0.29, 0.717) is 19.0 Å². The van der Waals surface area contributed by atoms with Crippen LogP contribution in [0.1, 0.15) is 20.3 Å². The SMILES string of the molecule is CC(C)CCN1CC(=O)N(C)C(CN)C1. The average Bonchev–Trinajstić information content (AvgIpc) is 2.19. The van der Waals surface area contributed by atoms with Gasteiger partial charge in [-0.2, -0.15) is 0 Å². The predicted molar refractivity (Wildman–Crippen MR) is 61.5 cm³/mol. The summed E-state index contributed by atoms with van der Waals surface area (Å²) < 4.78 is 0. The number of carbonyl (C=O) groups excluding carboxylic acids is 1. The summed E-state index contributed by atoms with van der Waals surface area (Å²) in [6.07, 6.45) is 1.15. The van der Waals surface area contributed by atoms with Crippen LogP contribution in [0.25, 0.3) is 0 Å². The van der Waals surface area contributed by atoms with Crippen molar-refractivity contribution in [2.75, 3.05) is 33.2 Å². The lowest BCUT2D eigenvalue weighted by Crippen LogP contribution is -2.57. The van der Waals surface area contributed by atoms with Gasteiger partial charge in [0.2, 0.25) is 5.91 Å². The van der Waals surface area contributed by atoms with E-state index in [1.54, 1.807) is 4.90 Å². The van der Waals surface area contributed by atoms with Crippen LogP contribution in [0.4, 0.5) is 0 Å².